The topological polar surface area (TPSA) is 129 Å². The van der Waals surface area contributed by atoms with Gasteiger partial charge in [-0.25, -0.2) is 0 Å². The summed E-state index contributed by atoms with van der Waals surface area (Å²) in [6.45, 7) is 0. The molecular weight excluding hydrogens is 480 g/mol. The Hall–Kier alpha value is -4.99. The fraction of sp³-hybridized carbons (Fsp3) is 0.148. The number of carbonyl (C=O) groups is 1. The molecule has 37 heavy (non-hydrogen) atoms. The molecule has 3 rings (SSSR count). The number of aromatic hydroxyl groups is 1. The molecular formula is C27H26N2O8. The van der Waals surface area contributed by atoms with Crippen LogP contribution in [-0.2, 0) is 4.79 Å². The van der Waals surface area contributed by atoms with Crippen molar-refractivity contribution in [3.8, 4) is 28.7 Å². The number of nitrogens with one attached hydrogen (secondary N) is 1. The first-order chi connectivity index (χ1) is 17.8. The number of benzene rings is 3. The van der Waals surface area contributed by atoms with Crippen molar-refractivity contribution < 1.29 is 33.8 Å². The number of carbonyl (C=O) groups excluding carboxylic acids is 1. The summed E-state index contributed by atoms with van der Waals surface area (Å²) in [4.78, 5) is 22.8. The van der Waals surface area contributed by atoms with Crippen LogP contribution >= 0.6 is 0 Å². The van der Waals surface area contributed by atoms with E-state index in [4.69, 9.17) is 18.9 Å². The molecule has 0 spiro atoms. The summed E-state index contributed by atoms with van der Waals surface area (Å²) in [5.74, 6) is 0.905. The fourth-order valence-electron chi connectivity index (χ4n) is 3.48. The molecule has 0 heterocycles. The average Bonchev–Trinajstić information content (AvgIpc) is 2.90. The molecule has 1 amide bonds. The molecule has 0 saturated carbocycles. The van der Waals surface area contributed by atoms with Gasteiger partial charge in [-0.3, -0.25) is 14.9 Å². The van der Waals surface area contributed by atoms with Gasteiger partial charge in [-0.15, -0.1) is 0 Å². The Balaban J connectivity index is 1.84. The number of anilines is 1. The molecule has 0 saturated heterocycles. The van der Waals surface area contributed by atoms with Crippen LogP contribution in [0.4, 0.5) is 11.4 Å². The lowest BCUT2D eigenvalue weighted by Gasteiger charge is -2.13. The van der Waals surface area contributed by atoms with Gasteiger partial charge in [0, 0.05) is 18.2 Å². The number of amides is 1. The Morgan fingerprint density at radius 2 is 1.38 bits per heavy atom. The molecule has 0 aromatic heterocycles. The van der Waals surface area contributed by atoms with Crippen LogP contribution in [0.1, 0.15) is 16.7 Å². The maximum atomic E-state index is 12.5. The van der Waals surface area contributed by atoms with E-state index in [9.17, 15) is 20.0 Å². The fourth-order valence-corrected chi connectivity index (χ4v) is 3.48. The van der Waals surface area contributed by atoms with E-state index in [1.807, 2.05) is 0 Å². The molecule has 192 valence electrons. The van der Waals surface area contributed by atoms with E-state index >= 15 is 0 Å². The SMILES string of the molecule is COc1cc(C=Cc2cc(O)c(OC)c(NC(=O)/C=C/c3ccc([N+](=O)[O-])cc3)c2)cc(OC)c1OC. The number of nitro groups is 1. The number of nitrogens with zero attached hydrogens (tertiary/aromatic N) is 1. The Morgan fingerprint density at radius 1 is 0.811 bits per heavy atom. The summed E-state index contributed by atoms with van der Waals surface area (Å²) in [6.07, 6.45) is 6.31. The molecule has 0 atom stereocenters. The lowest BCUT2D eigenvalue weighted by molar-refractivity contribution is -0.384. The molecule has 0 aliphatic carbocycles. The van der Waals surface area contributed by atoms with Crippen molar-refractivity contribution in [1.82, 2.24) is 0 Å². The van der Waals surface area contributed by atoms with Gasteiger partial charge in [0.25, 0.3) is 5.69 Å². The lowest BCUT2D eigenvalue weighted by atomic mass is 10.1. The molecule has 10 heteroatoms. The molecule has 0 bridgehead atoms. The summed E-state index contributed by atoms with van der Waals surface area (Å²) in [5.41, 5.74) is 2.16. The van der Waals surface area contributed by atoms with E-state index in [1.54, 1.807) is 30.4 Å². The number of rotatable bonds is 10. The van der Waals surface area contributed by atoms with Gasteiger partial charge >= 0.3 is 0 Å². The molecule has 3 aromatic rings. The first kappa shape index (κ1) is 26.6. The van der Waals surface area contributed by atoms with Gasteiger partial charge in [0.15, 0.2) is 23.0 Å². The molecule has 0 aliphatic rings. The van der Waals surface area contributed by atoms with Gasteiger partial charge in [-0.2, -0.15) is 0 Å². The number of non-ortho nitro benzene ring substituents is 1. The lowest BCUT2D eigenvalue weighted by Crippen LogP contribution is -2.09. The Kier molecular flexibility index (Phi) is 8.71. The van der Waals surface area contributed by atoms with Crippen LogP contribution in [-0.4, -0.2) is 44.4 Å². The van der Waals surface area contributed by atoms with Gasteiger partial charge in [0.05, 0.1) is 39.0 Å². The number of methoxy groups -OCH3 is 4. The summed E-state index contributed by atoms with van der Waals surface area (Å²) < 4.78 is 21.3. The molecule has 0 aliphatic heterocycles. The molecule has 10 nitrogen and oxygen atoms in total. The number of hydrogen-bond donors (Lipinski definition) is 2. The van der Waals surface area contributed by atoms with Crippen LogP contribution in [0.2, 0.25) is 0 Å². The zero-order valence-corrected chi connectivity index (χ0v) is 20.7. The predicted molar refractivity (Wildman–Crippen MR) is 140 cm³/mol. The molecule has 0 fully saturated rings. The third-order valence-corrected chi connectivity index (χ3v) is 5.24. The van der Waals surface area contributed by atoms with Crippen LogP contribution in [0.5, 0.6) is 28.7 Å². The molecule has 0 radical (unpaired) electrons. The third-order valence-electron chi connectivity index (χ3n) is 5.24. The highest BCUT2D eigenvalue weighted by Gasteiger charge is 2.14. The Morgan fingerprint density at radius 3 is 1.89 bits per heavy atom. The minimum absolute atomic E-state index is 0.0433. The van der Waals surface area contributed by atoms with E-state index in [0.717, 1.165) is 5.56 Å². The summed E-state index contributed by atoms with van der Waals surface area (Å²) >= 11 is 0. The maximum Gasteiger partial charge on any atom is 0.269 e. The average molecular weight is 507 g/mol. The van der Waals surface area contributed by atoms with Gasteiger partial charge in [-0.1, -0.05) is 12.2 Å². The van der Waals surface area contributed by atoms with Crippen LogP contribution in [0.15, 0.2) is 54.6 Å². The maximum absolute atomic E-state index is 12.5. The molecule has 3 aromatic carbocycles. The van der Waals surface area contributed by atoms with E-state index < -0.39 is 10.8 Å². The normalized spacial score (nSPS) is 10.9. The van der Waals surface area contributed by atoms with E-state index in [2.05, 4.69) is 5.32 Å². The van der Waals surface area contributed by atoms with E-state index in [0.29, 0.717) is 28.4 Å². The van der Waals surface area contributed by atoms with Crippen LogP contribution in [0.25, 0.3) is 18.2 Å². The number of hydrogen-bond acceptors (Lipinski definition) is 8. The van der Waals surface area contributed by atoms with Crippen LogP contribution < -0.4 is 24.3 Å². The second-order valence-electron chi connectivity index (χ2n) is 7.58. The van der Waals surface area contributed by atoms with Gasteiger partial charge < -0.3 is 29.4 Å². The first-order valence-electron chi connectivity index (χ1n) is 10.9. The van der Waals surface area contributed by atoms with Crippen molar-refractivity contribution in [1.29, 1.82) is 0 Å². The number of phenols is 1. The van der Waals surface area contributed by atoms with Gasteiger partial charge in [-0.05, 0) is 59.2 Å². The van der Waals surface area contributed by atoms with Gasteiger partial charge in [0.1, 0.15) is 0 Å². The number of ether oxygens (including phenoxy) is 4. The Bertz CT molecular complexity index is 1320. The quantitative estimate of drug-likeness (QED) is 0.167. The van der Waals surface area contributed by atoms with Crippen molar-refractivity contribution in [2.75, 3.05) is 33.8 Å². The zero-order valence-electron chi connectivity index (χ0n) is 20.7. The second kappa shape index (κ2) is 12.1. The minimum atomic E-state index is -0.498. The first-order valence-corrected chi connectivity index (χ1v) is 10.9. The number of phenolic OH excluding ortho intramolecular Hbond substituents is 1. The smallest absolute Gasteiger partial charge is 0.269 e. The monoisotopic (exact) mass is 506 g/mol. The van der Waals surface area contributed by atoms with Crippen molar-refractivity contribution in [3.63, 3.8) is 0 Å². The predicted octanol–water partition coefficient (Wildman–Crippen LogP) is 5.16. The second-order valence-corrected chi connectivity index (χ2v) is 7.58. The van der Waals surface area contributed by atoms with E-state index in [-0.39, 0.29) is 22.9 Å². The highest BCUT2D eigenvalue weighted by atomic mass is 16.6. The molecule has 2 N–H and O–H groups in total. The summed E-state index contributed by atoms with van der Waals surface area (Å²) in [6, 6.07) is 12.4. The zero-order chi connectivity index (χ0) is 26.9. The summed E-state index contributed by atoms with van der Waals surface area (Å²) in [7, 11) is 5.95. The standard InChI is InChI=1S/C27H26N2O8/c1-34-23-15-19(16-24(35-2)27(23)37-4)6-5-18-13-21(26(36-3)22(30)14-18)28-25(31)12-9-17-7-10-20(11-8-17)29(32)33/h5-16,30H,1-4H3,(H,28,31)/b6-5?,12-9+. The van der Waals surface area contributed by atoms with Crippen LogP contribution in [0.3, 0.4) is 0 Å². The Labute approximate surface area is 213 Å². The largest absolute Gasteiger partial charge is 0.504 e. The number of nitro benzene ring substituents is 1. The molecule has 0 unspecified atom stereocenters. The van der Waals surface area contributed by atoms with Crippen molar-refractivity contribution in [2.24, 2.45) is 0 Å². The summed E-state index contributed by atoms with van der Waals surface area (Å²) in [5, 5.41) is 23.9. The minimum Gasteiger partial charge on any atom is -0.504 e. The van der Waals surface area contributed by atoms with Crippen LogP contribution in [0, 0.1) is 10.1 Å². The third kappa shape index (κ3) is 6.57. The van der Waals surface area contributed by atoms with Crippen molar-refractivity contribution >= 4 is 35.5 Å². The van der Waals surface area contributed by atoms with Crippen molar-refractivity contribution in [2.45, 2.75) is 0 Å². The van der Waals surface area contributed by atoms with Crippen molar-refractivity contribution in [3.05, 3.63) is 81.4 Å². The highest BCUT2D eigenvalue weighted by molar-refractivity contribution is 6.03. The van der Waals surface area contributed by atoms with Gasteiger partial charge in [0.2, 0.25) is 11.7 Å². The highest BCUT2D eigenvalue weighted by Crippen LogP contribution is 2.39. The van der Waals surface area contributed by atoms with E-state index in [1.165, 1.54) is 70.9 Å².